The first-order chi connectivity index (χ1) is 14.8. The van der Waals surface area contributed by atoms with Gasteiger partial charge in [0, 0.05) is 26.9 Å². The van der Waals surface area contributed by atoms with Gasteiger partial charge in [-0.05, 0) is 46.8 Å². The molecule has 0 amide bonds. The number of rotatable bonds is 2. The van der Waals surface area contributed by atoms with Crippen molar-refractivity contribution in [2.45, 2.75) is 0 Å². The smallest absolute Gasteiger partial charge is 0.0619 e. The van der Waals surface area contributed by atoms with Crippen LogP contribution in [0.4, 0.5) is 0 Å². The van der Waals surface area contributed by atoms with E-state index < -0.39 is 0 Å². The van der Waals surface area contributed by atoms with E-state index in [4.69, 9.17) is 11.6 Å². The quantitative estimate of drug-likeness (QED) is 0.274. The van der Waals surface area contributed by atoms with E-state index in [1.54, 1.807) is 0 Å². The molecule has 6 aromatic rings. The van der Waals surface area contributed by atoms with Crippen molar-refractivity contribution in [3.8, 4) is 16.8 Å². The van der Waals surface area contributed by atoms with Crippen LogP contribution in [0.5, 0.6) is 0 Å². The lowest BCUT2D eigenvalue weighted by atomic mass is 10.0. The fraction of sp³-hybridized carbons (Fsp3) is 0. The highest BCUT2D eigenvalue weighted by molar-refractivity contribution is 6.30. The van der Waals surface area contributed by atoms with Crippen molar-refractivity contribution in [3.63, 3.8) is 0 Å². The Balaban J connectivity index is 1.71. The zero-order chi connectivity index (χ0) is 20.1. The van der Waals surface area contributed by atoms with Crippen molar-refractivity contribution < 1.29 is 0 Å². The van der Waals surface area contributed by atoms with Crippen LogP contribution < -0.4 is 0 Å². The fourth-order valence-corrected chi connectivity index (χ4v) is 4.59. The zero-order valence-electron chi connectivity index (χ0n) is 16.2. The largest absolute Gasteiger partial charge is 0.309 e. The van der Waals surface area contributed by atoms with Crippen molar-refractivity contribution in [1.29, 1.82) is 0 Å². The topological polar surface area (TPSA) is 4.93 Å². The lowest BCUT2D eigenvalue weighted by molar-refractivity contribution is 1.19. The summed E-state index contributed by atoms with van der Waals surface area (Å²) in [4.78, 5) is 0. The summed E-state index contributed by atoms with van der Waals surface area (Å²) in [7, 11) is 0. The monoisotopic (exact) mass is 403 g/mol. The number of fused-ring (bicyclic) bond motifs is 5. The van der Waals surface area contributed by atoms with Crippen LogP contribution in [0.15, 0.2) is 109 Å². The normalized spacial score (nSPS) is 11.5. The van der Waals surface area contributed by atoms with Crippen LogP contribution in [0.3, 0.4) is 0 Å². The van der Waals surface area contributed by atoms with Gasteiger partial charge in [0.1, 0.15) is 0 Å². The third-order valence-corrected chi connectivity index (χ3v) is 6.09. The van der Waals surface area contributed by atoms with Crippen LogP contribution in [-0.2, 0) is 0 Å². The average Bonchev–Trinajstić information content (AvgIpc) is 3.15. The van der Waals surface area contributed by atoms with E-state index in [1.807, 2.05) is 12.1 Å². The van der Waals surface area contributed by atoms with Gasteiger partial charge in [-0.15, -0.1) is 0 Å². The van der Waals surface area contributed by atoms with Crippen molar-refractivity contribution >= 4 is 44.2 Å². The second kappa shape index (κ2) is 6.76. The molecule has 1 heterocycles. The summed E-state index contributed by atoms with van der Waals surface area (Å²) in [5, 5.41) is 5.83. The molecule has 2 heteroatoms. The van der Waals surface area contributed by atoms with Crippen molar-refractivity contribution in [2.24, 2.45) is 0 Å². The number of aromatic nitrogens is 1. The zero-order valence-corrected chi connectivity index (χ0v) is 17.0. The molecule has 30 heavy (non-hydrogen) atoms. The molecule has 5 aromatic carbocycles. The molecule has 0 aliphatic carbocycles. The van der Waals surface area contributed by atoms with E-state index >= 15 is 0 Å². The third-order valence-electron chi connectivity index (χ3n) is 5.84. The van der Waals surface area contributed by atoms with Gasteiger partial charge >= 0.3 is 0 Å². The van der Waals surface area contributed by atoms with Crippen LogP contribution in [0, 0.1) is 0 Å². The van der Waals surface area contributed by atoms with Gasteiger partial charge in [-0.1, -0.05) is 90.5 Å². The molecule has 0 saturated heterocycles. The predicted molar refractivity (Wildman–Crippen MR) is 129 cm³/mol. The van der Waals surface area contributed by atoms with Crippen LogP contribution in [0.1, 0.15) is 0 Å². The number of halogens is 1. The predicted octanol–water partition coefficient (Wildman–Crippen LogP) is 8.26. The Bertz CT molecular complexity index is 1540. The fourth-order valence-electron chi connectivity index (χ4n) is 4.47. The molecular weight excluding hydrogens is 386 g/mol. The first-order valence-electron chi connectivity index (χ1n) is 10.1. The van der Waals surface area contributed by atoms with Gasteiger partial charge in [0.2, 0.25) is 0 Å². The Kier molecular flexibility index (Phi) is 3.90. The minimum Gasteiger partial charge on any atom is -0.309 e. The van der Waals surface area contributed by atoms with Gasteiger partial charge in [0.05, 0.1) is 11.0 Å². The summed E-state index contributed by atoms with van der Waals surface area (Å²) < 4.78 is 2.40. The minimum atomic E-state index is 0.753. The third kappa shape index (κ3) is 2.63. The molecule has 6 rings (SSSR count). The van der Waals surface area contributed by atoms with Gasteiger partial charge in [-0.2, -0.15) is 0 Å². The summed E-state index contributed by atoms with van der Waals surface area (Å²) in [6.45, 7) is 0. The van der Waals surface area contributed by atoms with Gasteiger partial charge in [0.25, 0.3) is 0 Å². The van der Waals surface area contributed by atoms with Crippen LogP contribution in [0.2, 0.25) is 5.02 Å². The van der Waals surface area contributed by atoms with E-state index in [0.717, 1.165) is 16.3 Å². The molecular formula is C28H18ClN. The lowest BCUT2D eigenvalue weighted by Crippen LogP contribution is -1.95. The van der Waals surface area contributed by atoms with E-state index in [-0.39, 0.29) is 0 Å². The second-order valence-corrected chi connectivity index (χ2v) is 8.03. The number of nitrogens with zero attached hydrogens (tertiary/aromatic N) is 1. The highest BCUT2D eigenvalue weighted by atomic mass is 35.5. The van der Waals surface area contributed by atoms with E-state index in [1.165, 1.54) is 38.1 Å². The molecule has 0 fully saturated rings. The standard InChI is InChI=1S/C28H18ClN/c29-22-15-12-19(13-16-22)21-7-5-8-23(18-21)30-27-11-4-3-10-25(27)26-17-14-20-6-1-2-9-24(20)28(26)30/h1-18H. The second-order valence-electron chi connectivity index (χ2n) is 7.59. The number of para-hydroxylation sites is 1. The van der Waals surface area contributed by atoms with Crippen molar-refractivity contribution in [2.75, 3.05) is 0 Å². The van der Waals surface area contributed by atoms with Gasteiger partial charge in [-0.3, -0.25) is 0 Å². The van der Waals surface area contributed by atoms with Gasteiger partial charge in [-0.25, -0.2) is 0 Å². The summed E-state index contributed by atoms with van der Waals surface area (Å²) >= 11 is 6.09. The molecule has 1 nitrogen and oxygen atoms in total. The van der Waals surface area contributed by atoms with E-state index in [9.17, 15) is 0 Å². The van der Waals surface area contributed by atoms with E-state index in [0.29, 0.717) is 0 Å². The molecule has 0 radical (unpaired) electrons. The van der Waals surface area contributed by atoms with Crippen LogP contribution in [0.25, 0.3) is 49.4 Å². The highest BCUT2D eigenvalue weighted by Crippen LogP contribution is 2.37. The number of hydrogen-bond acceptors (Lipinski definition) is 0. The molecule has 0 atom stereocenters. The molecule has 0 bridgehead atoms. The highest BCUT2D eigenvalue weighted by Gasteiger charge is 2.14. The summed E-state index contributed by atoms with van der Waals surface area (Å²) in [6, 6.07) is 38.5. The minimum absolute atomic E-state index is 0.753. The molecule has 0 N–H and O–H groups in total. The maximum absolute atomic E-state index is 6.09. The Morgan fingerprint density at radius 2 is 1.30 bits per heavy atom. The molecule has 0 aliphatic rings. The average molecular weight is 404 g/mol. The molecule has 0 unspecified atom stereocenters. The van der Waals surface area contributed by atoms with Crippen molar-refractivity contribution in [3.05, 3.63) is 114 Å². The van der Waals surface area contributed by atoms with Gasteiger partial charge < -0.3 is 4.57 Å². The molecule has 1 aromatic heterocycles. The molecule has 0 spiro atoms. The molecule has 142 valence electrons. The summed E-state index contributed by atoms with van der Waals surface area (Å²) in [5.41, 5.74) is 5.96. The SMILES string of the molecule is Clc1ccc(-c2cccc(-n3c4ccccc4c4ccc5ccccc5c43)c2)cc1. The Hall–Kier alpha value is -3.55. The Labute approximate surface area is 179 Å². The Morgan fingerprint density at radius 3 is 2.17 bits per heavy atom. The van der Waals surface area contributed by atoms with Gasteiger partial charge in [0.15, 0.2) is 0 Å². The lowest BCUT2D eigenvalue weighted by Gasteiger charge is -2.12. The summed E-state index contributed by atoms with van der Waals surface area (Å²) in [6.07, 6.45) is 0. The molecule has 0 aliphatic heterocycles. The van der Waals surface area contributed by atoms with Crippen molar-refractivity contribution in [1.82, 2.24) is 4.57 Å². The van der Waals surface area contributed by atoms with E-state index in [2.05, 4.69) is 102 Å². The summed E-state index contributed by atoms with van der Waals surface area (Å²) in [5.74, 6) is 0. The number of hydrogen-bond donors (Lipinski definition) is 0. The molecule has 0 saturated carbocycles. The first-order valence-corrected chi connectivity index (χ1v) is 10.4. The maximum Gasteiger partial charge on any atom is 0.0619 e. The van der Waals surface area contributed by atoms with Crippen LogP contribution >= 0.6 is 11.6 Å². The Morgan fingerprint density at radius 1 is 0.533 bits per heavy atom. The number of benzene rings is 5. The first kappa shape index (κ1) is 17.3. The maximum atomic E-state index is 6.09. The van der Waals surface area contributed by atoms with Crippen LogP contribution in [-0.4, -0.2) is 4.57 Å².